The molecule has 0 saturated heterocycles. The van der Waals surface area contributed by atoms with Gasteiger partial charge in [0.15, 0.2) is 5.60 Å². The van der Waals surface area contributed by atoms with Crippen molar-refractivity contribution in [3.8, 4) is 6.07 Å². The van der Waals surface area contributed by atoms with Gasteiger partial charge in [-0.2, -0.15) is 5.26 Å². The minimum Gasteiger partial charge on any atom is -0.371 e. The maximum atomic E-state index is 10.6. The Morgan fingerprint density at radius 2 is 1.76 bits per heavy atom. The van der Waals surface area contributed by atoms with Crippen LogP contribution in [0.1, 0.15) is 37.7 Å². The summed E-state index contributed by atoms with van der Waals surface area (Å²) in [6, 6.07) is 9.05. The molecular formula is C14H16ClNO. The van der Waals surface area contributed by atoms with Crippen molar-refractivity contribution in [2.45, 2.75) is 37.7 Å². The van der Waals surface area contributed by atoms with E-state index in [-0.39, 0.29) is 5.92 Å². The number of aliphatic hydroxyl groups is 1. The maximum Gasteiger partial charge on any atom is 0.179 e. The van der Waals surface area contributed by atoms with E-state index >= 15 is 0 Å². The maximum absolute atomic E-state index is 10.6. The predicted octanol–water partition coefficient (Wildman–Crippen LogP) is 3.63. The zero-order chi connectivity index (χ0) is 12.3. The molecule has 17 heavy (non-hydrogen) atoms. The summed E-state index contributed by atoms with van der Waals surface area (Å²) in [4.78, 5) is 0. The monoisotopic (exact) mass is 249 g/mol. The first kappa shape index (κ1) is 12.4. The molecule has 1 aliphatic carbocycles. The molecule has 0 bridgehead atoms. The normalized spacial score (nSPS) is 20.5. The molecule has 1 unspecified atom stereocenters. The molecule has 1 saturated carbocycles. The van der Waals surface area contributed by atoms with Gasteiger partial charge in [-0.1, -0.05) is 43.0 Å². The molecule has 90 valence electrons. The number of halogens is 1. The highest BCUT2D eigenvalue weighted by molar-refractivity contribution is 6.30. The van der Waals surface area contributed by atoms with E-state index < -0.39 is 5.60 Å². The second-order valence-corrected chi connectivity index (χ2v) is 5.16. The number of nitriles is 1. The lowest BCUT2D eigenvalue weighted by Gasteiger charge is -2.33. The molecule has 1 aliphatic rings. The Morgan fingerprint density at radius 1 is 1.18 bits per heavy atom. The van der Waals surface area contributed by atoms with Crippen LogP contribution in [-0.2, 0) is 5.60 Å². The molecule has 3 heteroatoms. The van der Waals surface area contributed by atoms with Gasteiger partial charge in [0, 0.05) is 10.9 Å². The third-order valence-electron chi connectivity index (χ3n) is 3.65. The summed E-state index contributed by atoms with van der Waals surface area (Å²) in [7, 11) is 0. The fourth-order valence-corrected chi connectivity index (χ4v) is 2.74. The summed E-state index contributed by atoms with van der Waals surface area (Å²) in [5, 5.41) is 20.6. The summed E-state index contributed by atoms with van der Waals surface area (Å²) in [6.07, 6.45) is 5.25. The van der Waals surface area contributed by atoms with Crippen molar-refractivity contribution in [2.75, 3.05) is 0 Å². The Hall–Kier alpha value is -1.04. The summed E-state index contributed by atoms with van der Waals surface area (Å²) in [5.41, 5.74) is -0.693. The van der Waals surface area contributed by atoms with Crippen LogP contribution in [0.2, 0.25) is 5.02 Å². The Morgan fingerprint density at radius 3 is 2.29 bits per heavy atom. The summed E-state index contributed by atoms with van der Waals surface area (Å²) in [5.74, 6) is 0.0439. The van der Waals surface area contributed by atoms with Crippen molar-refractivity contribution in [1.82, 2.24) is 0 Å². The lowest BCUT2D eigenvalue weighted by atomic mass is 9.74. The van der Waals surface area contributed by atoms with Crippen molar-refractivity contribution in [2.24, 2.45) is 5.92 Å². The highest BCUT2D eigenvalue weighted by atomic mass is 35.5. The first-order chi connectivity index (χ1) is 8.16. The van der Waals surface area contributed by atoms with E-state index in [0.717, 1.165) is 25.7 Å². The van der Waals surface area contributed by atoms with Gasteiger partial charge in [-0.25, -0.2) is 0 Å². The van der Waals surface area contributed by atoms with Crippen LogP contribution in [0.15, 0.2) is 24.3 Å². The van der Waals surface area contributed by atoms with E-state index in [1.54, 1.807) is 24.3 Å². The first-order valence-electron chi connectivity index (χ1n) is 6.06. The van der Waals surface area contributed by atoms with E-state index in [1.165, 1.54) is 6.42 Å². The third-order valence-corrected chi connectivity index (χ3v) is 3.90. The molecule has 0 amide bonds. The van der Waals surface area contributed by atoms with Crippen LogP contribution in [0.5, 0.6) is 0 Å². The Kier molecular flexibility index (Phi) is 3.71. The fourth-order valence-electron chi connectivity index (χ4n) is 2.62. The van der Waals surface area contributed by atoms with E-state index in [9.17, 15) is 10.4 Å². The van der Waals surface area contributed by atoms with Crippen LogP contribution in [-0.4, -0.2) is 5.11 Å². The number of rotatable bonds is 2. The van der Waals surface area contributed by atoms with Gasteiger partial charge in [-0.15, -0.1) is 0 Å². The largest absolute Gasteiger partial charge is 0.371 e. The first-order valence-corrected chi connectivity index (χ1v) is 6.44. The van der Waals surface area contributed by atoms with E-state index in [4.69, 9.17) is 11.6 Å². The lowest BCUT2D eigenvalue weighted by molar-refractivity contribution is 0.0140. The zero-order valence-corrected chi connectivity index (χ0v) is 10.5. The van der Waals surface area contributed by atoms with E-state index in [0.29, 0.717) is 10.6 Å². The molecule has 1 N–H and O–H groups in total. The molecule has 2 nitrogen and oxygen atoms in total. The third kappa shape index (κ3) is 2.46. The molecule has 1 aromatic rings. The highest BCUT2D eigenvalue weighted by Gasteiger charge is 2.39. The second kappa shape index (κ2) is 5.08. The minimum atomic E-state index is -1.36. The van der Waals surface area contributed by atoms with Gasteiger partial charge in [0.2, 0.25) is 0 Å². The van der Waals surface area contributed by atoms with Gasteiger partial charge >= 0.3 is 0 Å². The van der Waals surface area contributed by atoms with Gasteiger partial charge in [0.05, 0.1) is 0 Å². The van der Waals surface area contributed by atoms with E-state index in [1.807, 2.05) is 0 Å². The van der Waals surface area contributed by atoms with Crippen LogP contribution in [0, 0.1) is 17.2 Å². The van der Waals surface area contributed by atoms with Gasteiger partial charge in [-0.05, 0) is 30.5 Å². The number of hydrogen-bond acceptors (Lipinski definition) is 2. The lowest BCUT2D eigenvalue weighted by Crippen LogP contribution is -2.34. The Bertz CT molecular complexity index is 417. The van der Waals surface area contributed by atoms with Gasteiger partial charge in [0.1, 0.15) is 6.07 Å². The van der Waals surface area contributed by atoms with Crippen LogP contribution in [0.3, 0.4) is 0 Å². The summed E-state index contributed by atoms with van der Waals surface area (Å²) >= 11 is 5.83. The predicted molar refractivity (Wildman–Crippen MR) is 67.5 cm³/mol. The van der Waals surface area contributed by atoms with Crippen LogP contribution in [0.4, 0.5) is 0 Å². The van der Waals surface area contributed by atoms with Gasteiger partial charge in [-0.3, -0.25) is 0 Å². The summed E-state index contributed by atoms with van der Waals surface area (Å²) < 4.78 is 0. The molecule has 1 fully saturated rings. The Labute approximate surface area is 107 Å². The van der Waals surface area contributed by atoms with Crippen molar-refractivity contribution >= 4 is 11.6 Å². The second-order valence-electron chi connectivity index (χ2n) is 4.72. The van der Waals surface area contributed by atoms with Crippen LogP contribution >= 0.6 is 11.6 Å². The molecule has 0 spiro atoms. The van der Waals surface area contributed by atoms with Gasteiger partial charge in [0.25, 0.3) is 0 Å². The Balaban J connectivity index is 2.30. The number of benzene rings is 1. The number of hydrogen-bond donors (Lipinski definition) is 1. The van der Waals surface area contributed by atoms with Crippen LogP contribution in [0.25, 0.3) is 0 Å². The van der Waals surface area contributed by atoms with Crippen molar-refractivity contribution in [3.63, 3.8) is 0 Å². The average molecular weight is 250 g/mol. The fraction of sp³-hybridized carbons (Fsp3) is 0.500. The van der Waals surface area contributed by atoms with Crippen molar-refractivity contribution in [3.05, 3.63) is 34.9 Å². The van der Waals surface area contributed by atoms with Crippen molar-refractivity contribution in [1.29, 1.82) is 5.26 Å². The molecule has 0 aliphatic heterocycles. The standard InChI is InChI=1S/C14H16ClNO/c15-13-8-6-12(7-9-13)14(17,10-16)11-4-2-1-3-5-11/h6-9,11,17H,1-5H2. The zero-order valence-electron chi connectivity index (χ0n) is 9.69. The molecular weight excluding hydrogens is 234 g/mol. The number of nitrogens with zero attached hydrogens (tertiary/aromatic N) is 1. The van der Waals surface area contributed by atoms with Crippen LogP contribution < -0.4 is 0 Å². The minimum absolute atomic E-state index is 0.0439. The molecule has 0 heterocycles. The molecule has 0 aromatic heterocycles. The smallest absolute Gasteiger partial charge is 0.179 e. The average Bonchev–Trinajstić information content (AvgIpc) is 2.40. The SMILES string of the molecule is N#CC(O)(c1ccc(Cl)cc1)C1CCCCC1. The van der Waals surface area contributed by atoms with Crippen molar-refractivity contribution < 1.29 is 5.11 Å². The molecule has 1 aromatic carbocycles. The molecule has 0 radical (unpaired) electrons. The highest BCUT2D eigenvalue weighted by Crippen LogP contribution is 2.39. The van der Waals surface area contributed by atoms with E-state index in [2.05, 4.69) is 6.07 Å². The topological polar surface area (TPSA) is 44.0 Å². The van der Waals surface area contributed by atoms with Gasteiger partial charge < -0.3 is 5.11 Å². The molecule has 2 rings (SSSR count). The quantitative estimate of drug-likeness (QED) is 0.814. The molecule has 1 atom stereocenters. The summed E-state index contributed by atoms with van der Waals surface area (Å²) in [6.45, 7) is 0.